The van der Waals surface area contributed by atoms with Gasteiger partial charge in [-0.3, -0.25) is 4.68 Å². The van der Waals surface area contributed by atoms with Gasteiger partial charge in [0.1, 0.15) is 0 Å². The highest BCUT2D eigenvalue weighted by atomic mass is 32.2. The first-order valence-electron chi connectivity index (χ1n) is 9.56. The van der Waals surface area contributed by atoms with Crippen molar-refractivity contribution in [3.05, 3.63) is 91.5 Å². The lowest BCUT2D eigenvalue weighted by molar-refractivity contribution is 0.589. The van der Waals surface area contributed by atoms with Gasteiger partial charge in [-0.15, -0.1) is 0 Å². The molecule has 8 heteroatoms. The Bertz CT molecular complexity index is 1470. The molecule has 3 aromatic heterocycles. The normalized spacial score (nSPS) is 11.8. The van der Waals surface area contributed by atoms with Gasteiger partial charge in [-0.05, 0) is 30.3 Å². The zero-order chi connectivity index (χ0) is 21.4. The highest BCUT2D eigenvalue weighted by Crippen LogP contribution is 2.35. The topological polar surface area (TPSA) is 69.8 Å². The number of hydrogen-bond acceptors (Lipinski definition) is 5. The van der Waals surface area contributed by atoms with Gasteiger partial charge in [-0.1, -0.05) is 48.2 Å². The van der Waals surface area contributed by atoms with Crippen molar-refractivity contribution < 1.29 is 8.42 Å². The Morgan fingerprint density at radius 1 is 0.871 bits per heavy atom. The van der Waals surface area contributed by atoms with Crippen LogP contribution in [-0.4, -0.2) is 27.2 Å². The monoisotopic (exact) mass is 446 g/mol. The largest absolute Gasteiger partial charge is 0.275 e. The minimum atomic E-state index is -3.80. The number of benzene rings is 2. The Kier molecular flexibility index (Phi) is 4.88. The molecule has 31 heavy (non-hydrogen) atoms. The van der Waals surface area contributed by atoms with Gasteiger partial charge in [0.15, 0.2) is 5.65 Å². The molecule has 3 heterocycles. The maximum Gasteiger partial charge on any atom is 0.269 e. The van der Waals surface area contributed by atoms with Crippen molar-refractivity contribution in [1.29, 1.82) is 0 Å². The minimum absolute atomic E-state index is 0.217. The molecule has 0 radical (unpaired) electrons. The van der Waals surface area contributed by atoms with E-state index in [4.69, 9.17) is 0 Å². The molecule has 154 valence electrons. The van der Waals surface area contributed by atoms with E-state index in [-0.39, 0.29) is 4.90 Å². The van der Waals surface area contributed by atoms with E-state index in [1.807, 2.05) is 49.6 Å². The number of rotatable bonds is 5. The fourth-order valence-corrected chi connectivity index (χ4v) is 5.61. The quantitative estimate of drug-likeness (QED) is 0.387. The summed E-state index contributed by atoms with van der Waals surface area (Å²) in [6.07, 6.45) is 6.94. The molecule has 0 fully saturated rings. The molecule has 0 amide bonds. The first kappa shape index (κ1) is 19.6. The molecule has 0 aliphatic heterocycles. The molecule has 0 unspecified atom stereocenters. The summed E-state index contributed by atoms with van der Waals surface area (Å²) in [5.74, 6) is 0. The van der Waals surface area contributed by atoms with Crippen LogP contribution in [-0.2, 0) is 17.1 Å². The fraction of sp³-hybridized carbons (Fsp3) is 0.0435. The number of aryl methyl sites for hydroxylation is 1. The van der Waals surface area contributed by atoms with E-state index in [1.165, 1.54) is 3.97 Å². The summed E-state index contributed by atoms with van der Waals surface area (Å²) in [7, 11) is -1.97. The van der Waals surface area contributed by atoms with E-state index in [0.717, 1.165) is 26.3 Å². The molecule has 0 aliphatic carbocycles. The van der Waals surface area contributed by atoms with Crippen LogP contribution in [0.15, 0.2) is 106 Å². The summed E-state index contributed by atoms with van der Waals surface area (Å²) >= 11 is 1.58. The van der Waals surface area contributed by atoms with Crippen molar-refractivity contribution >= 4 is 32.8 Å². The SMILES string of the molecule is Cn1cc(-c2cn(S(=O)(=O)c3ccccc3)c3ncc(Sc4ccccc4)cc23)cn1. The third-order valence-corrected chi connectivity index (χ3v) is 7.51. The Morgan fingerprint density at radius 3 is 2.26 bits per heavy atom. The predicted octanol–water partition coefficient (Wildman–Crippen LogP) is 4.83. The second kappa shape index (κ2) is 7.72. The molecule has 0 atom stereocenters. The van der Waals surface area contributed by atoms with Gasteiger partial charge >= 0.3 is 0 Å². The predicted molar refractivity (Wildman–Crippen MR) is 122 cm³/mol. The number of pyridine rings is 1. The van der Waals surface area contributed by atoms with E-state index < -0.39 is 10.0 Å². The molecule has 0 spiro atoms. The molecule has 2 aromatic carbocycles. The molecular weight excluding hydrogens is 428 g/mol. The zero-order valence-corrected chi connectivity index (χ0v) is 18.2. The van der Waals surface area contributed by atoms with Crippen LogP contribution < -0.4 is 0 Å². The molecule has 0 aliphatic rings. The standard InChI is InChI=1S/C23H18N4O2S2/c1-26-15-17(13-25-26)22-16-27(31(28,29)20-10-6-3-7-11-20)23-21(22)12-19(14-24-23)30-18-8-4-2-5-9-18/h2-16H,1H3. The van der Waals surface area contributed by atoms with Crippen molar-refractivity contribution in [3.8, 4) is 11.1 Å². The Balaban J connectivity index is 1.70. The van der Waals surface area contributed by atoms with Crippen LogP contribution in [0.4, 0.5) is 0 Å². The Labute approximate surface area is 184 Å². The molecule has 0 saturated carbocycles. The smallest absolute Gasteiger partial charge is 0.269 e. The van der Waals surface area contributed by atoms with Crippen LogP contribution in [0.25, 0.3) is 22.2 Å². The first-order valence-corrected chi connectivity index (χ1v) is 11.8. The van der Waals surface area contributed by atoms with E-state index in [2.05, 4.69) is 10.1 Å². The molecule has 0 N–H and O–H groups in total. The van der Waals surface area contributed by atoms with Crippen molar-refractivity contribution in [1.82, 2.24) is 18.7 Å². The van der Waals surface area contributed by atoms with Crippen molar-refractivity contribution in [2.45, 2.75) is 14.7 Å². The lowest BCUT2D eigenvalue weighted by atomic mass is 10.1. The molecule has 0 bridgehead atoms. The van der Waals surface area contributed by atoms with Gasteiger partial charge in [0.25, 0.3) is 10.0 Å². The number of fused-ring (bicyclic) bond motifs is 1. The van der Waals surface area contributed by atoms with E-state index in [1.54, 1.807) is 65.4 Å². The second-order valence-electron chi connectivity index (χ2n) is 7.02. The summed E-state index contributed by atoms with van der Waals surface area (Å²) in [6, 6.07) is 20.4. The zero-order valence-electron chi connectivity index (χ0n) is 16.6. The van der Waals surface area contributed by atoms with Gasteiger partial charge in [0.05, 0.1) is 11.1 Å². The van der Waals surface area contributed by atoms with E-state index in [9.17, 15) is 8.42 Å². The highest BCUT2D eigenvalue weighted by molar-refractivity contribution is 7.99. The summed E-state index contributed by atoms with van der Waals surface area (Å²) in [5.41, 5.74) is 1.99. The molecule has 6 nitrogen and oxygen atoms in total. The molecule has 0 saturated heterocycles. The van der Waals surface area contributed by atoms with Crippen LogP contribution >= 0.6 is 11.8 Å². The van der Waals surface area contributed by atoms with Crippen molar-refractivity contribution in [3.63, 3.8) is 0 Å². The first-order chi connectivity index (χ1) is 15.0. The maximum atomic E-state index is 13.4. The summed E-state index contributed by atoms with van der Waals surface area (Å²) < 4.78 is 29.7. The van der Waals surface area contributed by atoms with Crippen LogP contribution in [0.3, 0.4) is 0 Å². The number of nitrogens with zero attached hydrogens (tertiary/aromatic N) is 4. The number of aromatic nitrogens is 4. The lowest BCUT2D eigenvalue weighted by Gasteiger charge is -2.07. The fourth-order valence-electron chi connectivity index (χ4n) is 3.42. The summed E-state index contributed by atoms with van der Waals surface area (Å²) in [4.78, 5) is 6.79. The minimum Gasteiger partial charge on any atom is -0.275 e. The van der Waals surface area contributed by atoms with Gasteiger partial charge in [-0.25, -0.2) is 17.4 Å². The average molecular weight is 447 g/mol. The molecular formula is C23H18N4O2S2. The van der Waals surface area contributed by atoms with Gasteiger partial charge < -0.3 is 0 Å². The van der Waals surface area contributed by atoms with Crippen LogP contribution in [0, 0.1) is 0 Å². The third-order valence-electron chi connectivity index (χ3n) is 4.88. The van der Waals surface area contributed by atoms with Gasteiger partial charge in [-0.2, -0.15) is 5.10 Å². The van der Waals surface area contributed by atoms with Crippen LogP contribution in [0.1, 0.15) is 0 Å². The molecule has 5 rings (SSSR count). The number of hydrogen-bond donors (Lipinski definition) is 0. The molecule has 5 aromatic rings. The van der Waals surface area contributed by atoms with Crippen LogP contribution in [0.5, 0.6) is 0 Å². The third kappa shape index (κ3) is 3.64. The Hall–Kier alpha value is -3.36. The van der Waals surface area contributed by atoms with Gasteiger partial charge in [0.2, 0.25) is 0 Å². The van der Waals surface area contributed by atoms with Crippen molar-refractivity contribution in [2.75, 3.05) is 0 Å². The maximum absolute atomic E-state index is 13.4. The van der Waals surface area contributed by atoms with E-state index in [0.29, 0.717) is 5.65 Å². The summed E-state index contributed by atoms with van der Waals surface area (Å²) in [5, 5.41) is 5.01. The summed E-state index contributed by atoms with van der Waals surface area (Å²) in [6.45, 7) is 0. The highest BCUT2D eigenvalue weighted by Gasteiger charge is 2.23. The van der Waals surface area contributed by atoms with E-state index >= 15 is 0 Å². The van der Waals surface area contributed by atoms with Crippen LogP contribution in [0.2, 0.25) is 0 Å². The second-order valence-corrected chi connectivity index (χ2v) is 9.98. The average Bonchev–Trinajstić information content (AvgIpc) is 3.38. The Morgan fingerprint density at radius 2 is 1.58 bits per heavy atom. The lowest BCUT2D eigenvalue weighted by Crippen LogP contribution is -2.12. The van der Waals surface area contributed by atoms with Crippen molar-refractivity contribution in [2.24, 2.45) is 7.05 Å². The van der Waals surface area contributed by atoms with Gasteiger partial charge in [0, 0.05) is 51.9 Å².